The molecule has 158 valence electrons. The molecule has 1 aliphatic rings. The third kappa shape index (κ3) is 5.20. The molecule has 3 nitrogen and oxygen atoms in total. The van der Waals surface area contributed by atoms with Crippen LogP contribution in [0.4, 0.5) is 4.39 Å². The van der Waals surface area contributed by atoms with E-state index in [1.54, 1.807) is 29.5 Å². The third-order valence-corrected chi connectivity index (χ3v) is 6.87. The molecule has 0 spiro atoms. The first-order valence-electron chi connectivity index (χ1n) is 10.7. The van der Waals surface area contributed by atoms with E-state index in [0.29, 0.717) is 30.1 Å². The molecule has 2 heterocycles. The highest BCUT2D eigenvalue weighted by atomic mass is 32.1. The van der Waals surface area contributed by atoms with E-state index in [1.165, 1.54) is 29.9 Å². The maximum atomic E-state index is 13.2. The highest BCUT2D eigenvalue weighted by Gasteiger charge is 2.29. The van der Waals surface area contributed by atoms with E-state index in [-0.39, 0.29) is 17.5 Å². The van der Waals surface area contributed by atoms with Crippen molar-refractivity contribution in [1.82, 2.24) is 0 Å². The molecule has 0 amide bonds. The molecule has 3 aromatic rings. The van der Waals surface area contributed by atoms with E-state index in [9.17, 15) is 14.3 Å². The molecule has 1 aliphatic carbocycles. The van der Waals surface area contributed by atoms with Gasteiger partial charge in [0.1, 0.15) is 17.3 Å². The summed E-state index contributed by atoms with van der Waals surface area (Å²) < 4.78 is 19.0. The SMILES string of the molecule is CCCc1ccc(Cc2c(O)cc(C(Cc3ccc(F)cc3)CC3CC3)oc2=O)s1. The first kappa shape index (κ1) is 20.9. The van der Waals surface area contributed by atoms with Gasteiger partial charge in [0.2, 0.25) is 0 Å². The van der Waals surface area contributed by atoms with Crippen LogP contribution in [-0.2, 0) is 19.3 Å². The normalized spacial score (nSPS) is 14.7. The Morgan fingerprint density at radius 2 is 1.90 bits per heavy atom. The number of thiophene rings is 1. The largest absolute Gasteiger partial charge is 0.507 e. The lowest BCUT2D eigenvalue weighted by molar-refractivity contribution is 0.377. The Morgan fingerprint density at radius 3 is 2.57 bits per heavy atom. The predicted molar refractivity (Wildman–Crippen MR) is 118 cm³/mol. The third-order valence-electron chi connectivity index (χ3n) is 5.72. The van der Waals surface area contributed by atoms with Gasteiger partial charge in [-0.25, -0.2) is 9.18 Å². The number of aryl methyl sites for hydroxylation is 1. The van der Waals surface area contributed by atoms with Crippen molar-refractivity contribution in [2.24, 2.45) is 5.92 Å². The van der Waals surface area contributed by atoms with Gasteiger partial charge in [0.05, 0.1) is 5.56 Å². The topological polar surface area (TPSA) is 50.4 Å². The lowest BCUT2D eigenvalue weighted by Gasteiger charge is -2.17. The van der Waals surface area contributed by atoms with Crippen LogP contribution in [0.3, 0.4) is 0 Å². The maximum Gasteiger partial charge on any atom is 0.343 e. The summed E-state index contributed by atoms with van der Waals surface area (Å²) in [7, 11) is 0. The van der Waals surface area contributed by atoms with Gasteiger partial charge in [-0.3, -0.25) is 0 Å². The van der Waals surface area contributed by atoms with Crippen molar-refractivity contribution < 1.29 is 13.9 Å². The zero-order valence-corrected chi connectivity index (χ0v) is 18.0. The van der Waals surface area contributed by atoms with Gasteiger partial charge in [-0.2, -0.15) is 0 Å². The van der Waals surface area contributed by atoms with Crippen LogP contribution in [0.15, 0.2) is 51.7 Å². The van der Waals surface area contributed by atoms with Gasteiger partial charge >= 0.3 is 5.63 Å². The number of aromatic hydroxyl groups is 1. The molecule has 5 heteroatoms. The van der Waals surface area contributed by atoms with E-state index in [1.807, 2.05) is 6.07 Å². The van der Waals surface area contributed by atoms with Gasteiger partial charge in [0.15, 0.2) is 0 Å². The van der Waals surface area contributed by atoms with Crippen LogP contribution in [-0.4, -0.2) is 5.11 Å². The molecule has 0 radical (unpaired) electrons. The van der Waals surface area contributed by atoms with Crippen LogP contribution >= 0.6 is 11.3 Å². The van der Waals surface area contributed by atoms with E-state index in [2.05, 4.69) is 13.0 Å². The molecule has 1 aromatic carbocycles. The Labute approximate surface area is 180 Å². The Kier molecular flexibility index (Phi) is 6.38. The van der Waals surface area contributed by atoms with Gasteiger partial charge in [0, 0.05) is 28.2 Å². The molecular formula is C25H27FO3S. The quantitative estimate of drug-likeness (QED) is 0.442. The molecule has 1 N–H and O–H groups in total. The molecule has 1 saturated carbocycles. The van der Waals surface area contributed by atoms with E-state index < -0.39 is 5.63 Å². The summed E-state index contributed by atoms with van der Waals surface area (Å²) in [6.07, 6.45) is 6.43. The number of rotatable bonds is 9. The van der Waals surface area contributed by atoms with Crippen LogP contribution in [0.1, 0.15) is 65.2 Å². The van der Waals surface area contributed by atoms with Crippen molar-refractivity contribution in [3.8, 4) is 5.75 Å². The molecule has 30 heavy (non-hydrogen) atoms. The highest BCUT2D eigenvalue weighted by molar-refractivity contribution is 7.12. The van der Waals surface area contributed by atoms with Crippen LogP contribution < -0.4 is 5.63 Å². The molecule has 0 saturated heterocycles. The average Bonchev–Trinajstić information content (AvgIpc) is 3.43. The molecule has 4 rings (SSSR count). The smallest absolute Gasteiger partial charge is 0.343 e. The van der Waals surface area contributed by atoms with E-state index >= 15 is 0 Å². The van der Waals surface area contributed by atoms with Gasteiger partial charge < -0.3 is 9.52 Å². The highest BCUT2D eigenvalue weighted by Crippen LogP contribution is 2.40. The number of halogens is 1. The summed E-state index contributed by atoms with van der Waals surface area (Å²) >= 11 is 1.68. The van der Waals surface area contributed by atoms with Crippen molar-refractivity contribution in [3.05, 3.63) is 85.3 Å². The Balaban J connectivity index is 1.56. The standard InChI is InChI=1S/C25H27FO3S/c1-2-3-20-10-11-21(30-20)14-22-23(27)15-24(29-25(22)28)18(12-16-4-5-16)13-17-6-8-19(26)9-7-17/h6-11,15-16,18,27H,2-5,12-14H2,1H3. The summed E-state index contributed by atoms with van der Waals surface area (Å²) in [5.74, 6) is 0.891. The average molecular weight is 427 g/mol. The molecule has 0 bridgehead atoms. The van der Waals surface area contributed by atoms with Gasteiger partial charge in [-0.05, 0) is 55.0 Å². The van der Waals surface area contributed by atoms with Crippen LogP contribution in [0.25, 0.3) is 0 Å². The van der Waals surface area contributed by atoms with Crippen molar-refractivity contribution in [2.75, 3.05) is 0 Å². The number of benzene rings is 1. The minimum atomic E-state index is -0.463. The first-order chi connectivity index (χ1) is 14.5. The van der Waals surface area contributed by atoms with Gasteiger partial charge in [0.25, 0.3) is 0 Å². The van der Waals surface area contributed by atoms with Crippen LogP contribution in [0, 0.1) is 11.7 Å². The molecule has 2 aromatic heterocycles. The second-order valence-corrected chi connectivity index (χ2v) is 9.55. The molecule has 1 fully saturated rings. The second-order valence-electron chi connectivity index (χ2n) is 8.30. The number of hydrogen-bond acceptors (Lipinski definition) is 4. The van der Waals surface area contributed by atoms with Gasteiger partial charge in [-0.1, -0.05) is 38.3 Å². The summed E-state index contributed by atoms with van der Waals surface area (Å²) in [6.45, 7) is 2.14. The van der Waals surface area contributed by atoms with E-state index in [0.717, 1.165) is 29.7 Å². The van der Waals surface area contributed by atoms with Crippen molar-refractivity contribution in [2.45, 2.75) is 57.8 Å². The predicted octanol–water partition coefficient (Wildman–Crippen LogP) is 6.22. The van der Waals surface area contributed by atoms with Crippen molar-refractivity contribution in [1.29, 1.82) is 0 Å². The lowest BCUT2D eigenvalue weighted by atomic mass is 9.91. The zero-order valence-electron chi connectivity index (χ0n) is 17.2. The molecule has 0 aliphatic heterocycles. The summed E-state index contributed by atoms with van der Waals surface area (Å²) in [6, 6.07) is 12.2. The monoisotopic (exact) mass is 426 g/mol. The molecular weight excluding hydrogens is 399 g/mol. The van der Waals surface area contributed by atoms with Gasteiger partial charge in [-0.15, -0.1) is 11.3 Å². The fraction of sp³-hybridized carbons (Fsp3) is 0.400. The van der Waals surface area contributed by atoms with Crippen molar-refractivity contribution >= 4 is 11.3 Å². The minimum absolute atomic E-state index is 0.00601. The van der Waals surface area contributed by atoms with Crippen LogP contribution in [0.5, 0.6) is 5.75 Å². The summed E-state index contributed by atoms with van der Waals surface area (Å²) in [5.41, 5.74) is 0.848. The second kappa shape index (κ2) is 9.17. The molecule has 1 atom stereocenters. The Hall–Kier alpha value is -2.40. The number of hydrogen-bond donors (Lipinski definition) is 1. The lowest BCUT2D eigenvalue weighted by Crippen LogP contribution is -2.13. The fourth-order valence-corrected chi connectivity index (χ4v) is 5.05. The zero-order chi connectivity index (χ0) is 21.1. The van der Waals surface area contributed by atoms with Crippen LogP contribution in [0.2, 0.25) is 0 Å². The molecule has 1 unspecified atom stereocenters. The minimum Gasteiger partial charge on any atom is -0.507 e. The summed E-state index contributed by atoms with van der Waals surface area (Å²) in [4.78, 5) is 15.1. The van der Waals surface area contributed by atoms with E-state index in [4.69, 9.17) is 4.42 Å². The fourth-order valence-electron chi connectivity index (χ4n) is 3.92. The Morgan fingerprint density at radius 1 is 1.17 bits per heavy atom. The maximum absolute atomic E-state index is 13.2. The first-order valence-corrected chi connectivity index (χ1v) is 11.5. The van der Waals surface area contributed by atoms with Crippen molar-refractivity contribution in [3.63, 3.8) is 0 Å². The summed E-state index contributed by atoms with van der Waals surface area (Å²) in [5, 5.41) is 10.6. The Bertz CT molecular complexity index is 1050.